The summed E-state index contributed by atoms with van der Waals surface area (Å²) in [5.41, 5.74) is -0.0968. The molecule has 0 saturated heterocycles. The van der Waals surface area contributed by atoms with Gasteiger partial charge in [0.05, 0.1) is 7.11 Å². The average molecular weight is 387 g/mol. The first-order valence-corrected chi connectivity index (χ1v) is 8.40. The number of esters is 1. The third kappa shape index (κ3) is 4.35. The number of nitriles is 3. The average Bonchev–Trinajstić information content (AvgIpc) is 2.97. The monoisotopic (exact) mass is 387 g/mol. The third-order valence-corrected chi connectivity index (χ3v) is 4.09. The van der Waals surface area contributed by atoms with Crippen LogP contribution in [0.1, 0.15) is 19.4 Å². The van der Waals surface area contributed by atoms with Gasteiger partial charge in [-0.3, -0.25) is 0 Å². The molecule has 1 aromatic carbocycles. The zero-order chi connectivity index (χ0) is 21.6. The minimum absolute atomic E-state index is 0.0461. The maximum atomic E-state index is 11.6. The van der Waals surface area contributed by atoms with Crippen LogP contribution in [0.15, 0.2) is 59.4 Å². The molecular formula is C22H17N3O4. The van der Waals surface area contributed by atoms with Crippen LogP contribution in [0.3, 0.4) is 0 Å². The van der Waals surface area contributed by atoms with Gasteiger partial charge in [-0.2, -0.15) is 15.8 Å². The minimum atomic E-state index is -0.944. The zero-order valence-corrected chi connectivity index (χ0v) is 16.1. The van der Waals surface area contributed by atoms with Crippen molar-refractivity contribution in [2.75, 3.05) is 7.11 Å². The summed E-state index contributed by atoms with van der Waals surface area (Å²) in [5.74, 6) is 0.0580. The summed E-state index contributed by atoms with van der Waals surface area (Å²) in [4.78, 5) is 11.6. The standard InChI is InChI=1S/C22H17N3O4/c1-5-20(26)28-19-10-16(27-4)8-6-14(19)7-9-18-17(13-25)21(15(11-23)12-24)29-22(18,2)3/h5-10H,1H2,2-4H3/b9-7+. The molecule has 0 bridgehead atoms. The van der Waals surface area contributed by atoms with Gasteiger partial charge in [-0.25, -0.2) is 4.79 Å². The Morgan fingerprint density at radius 1 is 1.21 bits per heavy atom. The Balaban J connectivity index is 2.59. The lowest BCUT2D eigenvalue weighted by molar-refractivity contribution is -0.128. The third-order valence-electron chi connectivity index (χ3n) is 4.09. The van der Waals surface area contributed by atoms with Crippen molar-refractivity contribution in [3.63, 3.8) is 0 Å². The van der Waals surface area contributed by atoms with Gasteiger partial charge in [0.25, 0.3) is 0 Å². The van der Waals surface area contributed by atoms with Crippen LogP contribution >= 0.6 is 0 Å². The predicted molar refractivity (Wildman–Crippen MR) is 104 cm³/mol. The van der Waals surface area contributed by atoms with Crippen LogP contribution in [0.4, 0.5) is 0 Å². The minimum Gasteiger partial charge on any atom is -0.497 e. The molecule has 7 heteroatoms. The number of rotatable bonds is 5. The molecule has 144 valence electrons. The van der Waals surface area contributed by atoms with E-state index in [1.807, 2.05) is 6.07 Å². The summed E-state index contributed by atoms with van der Waals surface area (Å²) in [7, 11) is 1.49. The molecule has 1 heterocycles. The molecule has 0 N–H and O–H groups in total. The van der Waals surface area contributed by atoms with Gasteiger partial charge in [-0.15, -0.1) is 0 Å². The van der Waals surface area contributed by atoms with Crippen molar-refractivity contribution < 1.29 is 19.0 Å². The maximum Gasteiger partial charge on any atom is 0.335 e. The van der Waals surface area contributed by atoms with E-state index in [0.717, 1.165) is 6.08 Å². The van der Waals surface area contributed by atoms with E-state index >= 15 is 0 Å². The van der Waals surface area contributed by atoms with E-state index in [1.165, 1.54) is 7.11 Å². The van der Waals surface area contributed by atoms with Crippen molar-refractivity contribution in [2.45, 2.75) is 19.4 Å². The molecule has 1 aliphatic heterocycles. The Hall–Kier alpha value is -4.28. The number of methoxy groups -OCH3 is 1. The van der Waals surface area contributed by atoms with Crippen molar-refractivity contribution in [2.24, 2.45) is 0 Å². The molecule has 0 amide bonds. The molecule has 0 aliphatic carbocycles. The summed E-state index contributed by atoms with van der Waals surface area (Å²) in [6.07, 6.45) is 4.31. The van der Waals surface area contributed by atoms with Crippen LogP contribution in [0.5, 0.6) is 11.5 Å². The number of benzene rings is 1. The van der Waals surface area contributed by atoms with E-state index in [-0.39, 0.29) is 22.7 Å². The van der Waals surface area contributed by atoms with Crippen LogP contribution in [-0.2, 0) is 9.53 Å². The molecule has 0 atom stereocenters. The lowest BCUT2D eigenvalue weighted by Gasteiger charge is -2.20. The highest BCUT2D eigenvalue weighted by molar-refractivity contribution is 5.84. The van der Waals surface area contributed by atoms with Crippen LogP contribution < -0.4 is 9.47 Å². The molecule has 0 spiro atoms. The quantitative estimate of drug-likeness (QED) is 0.327. The van der Waals surface area contributed by atoms with E-state index in [2.05, 4.69) is 6.58 Å². The number of hydrogen-bond donors (Lipinski definition) is 0. The van der Waals surface area contributed by atoms with Crippen molar-refractivity contribution in [3.8, 4) is 29.7 Å². The smallest absolute Gasteiger partial charge is 0.335 e. The Kier molecular flexibility index (Phi) is 6.24. The normalized spacial score (nSPS) is 14.4. The molecule has 1 aromatic rings. The van der Waals surface area contributed by atoms with Crippen molar-refractivity contribution >= 4 is 12.0 Å². The van der Waals surface area contributed by atoms with E-state index in [0.29, 0.717) is 16.9 Å². The molecule has 7 nitrogen and oxygen atoms in total. The van der Waals surface area contributed by atoms with Gasteiger partial charge in [0, 0.05) is 23.3 Å². The van der Waals surface area contributed by atoms with Gasteiger partial charge in [0.2, 0.25) is 0 Å². The maximum absolute atomic E-state index is 11.6. The fourth-order valence-corrected chi connectivity index (χ4v) is 2.67. The van der Waals surface area contributed by atoms with Gasteiger partial charge in [0.15, 0.2) is 11.3 Å². The summed E-state index contributed by atoms with van der Waals surface area (Å²) in [6, 6.07) is 10.4. The Bertz CT molecular complexity index is 1070. The first-order chi connectivity index (χ1) is 13.8. The lowest BCUT2D eigenvalue weighted by atomic mass is 9.94. The fraction of sp³-hybridized carbons (Fsp3) is 0.182. The molecule has 0 aromatic heterocycles. The molecule has 0 unspecified atom stereocenters. The molecule has 2 rings (SSSR count). The van der Waals surface area contributed by atoms with E-state index in [4.69, 9.17) is 24.7 Å². The highest BCUT2D eigenvalue weighted by Crippen LogP contribution is 2.40. The van der Waals surface area contributed by atoms with E-state index in [9.17, 15) is 10.1 Å². The highest BCUT2D eigenvalue weighted by Gasteiger charge is 2.38. The fourth-order valence-electron chi connectivity index (χ4n) is 2.67. The van der Waals surface area contributed by atoms with Crippen molar-refractivity contribution in [1.29, 1.82) is 15.8 Å². The Labute approximate surface area is 168 Å². The van der Waals surface area contributed by atoms with Gasteiger partial charge in [-0.05, 0) is 26.0 Å². The van der Waals surface area contributed by atoms with Gasteiger partial charge < -0.3 is 14.2 Å². The van der Waals surface area contributed by atoms with Crippen LogP contribution in [-0.4, -0.2) is 18.7 Å². The van der Waals surface area contributed by atoms with Crippen LogP contribution in [0.2, 0.25) is 0 Å². The Morgan fingerprint density at radius 2 is 1.90 bits per heavy atom. The molecule has 1 aliphatic rings. The number of carbonyl (C=O) groups is 1. The predicted octanol–water partition coefficient (Wildman–Crippen LogP) is 3.73. The van der Waals surface area contributed by atoms with Crippen molar-refractivity contribution in [1.82, 2.24) is 0 Å². The number of allylic oxidation sites excluding steroid dienone is 2. The summed E-state index contributed by atoms with van der Waals surface area (Å²) in [6.45, 7) is 6.81. The summed E-state index contributed by atoms with van der Waals surface area (Å²) < 4.78 is 16.1. The first-order valence-electron chi connectivity index (χ1n) is 8.40. The number of ether oxygens (including phenoxy) is 3. The SMILES string of the molecule is C=CC(=O)Oc1cc(OC)ccc1/C=C/C1=C(C#N)C(=C(C#N)C#N)OC1(C)C. The number of nitrogens with zero attached hydrogens (tertiary/aromatic N) is 3. The van der Waals surface area contributed by atoms with Crippen molar-refractivity contribution in [3.05, 3.63) is 65.0 Å². The van der Waals surface area contributed by atoms with Crippen LogP contribution in [0, 0.1) is 34.0 Å². The second kappa shape index (κ2) is 8.61. The number of carbonyl (C=O) groups excluding carboxylic acids is 1. The second-order valence-electron chi connectivity index (χ2n) is 6.30. The van der Waals surface area contributed by atoms with Gasteiger partial charge in [-0.1, -0.05) is 18.7 Å². The second-order valence-corrected chi connectivity index (χ2v) is 6.30. The molecule has 29 heavy (non-hydrogen) atoms. The lowest BCUT2D eigenvalue weighted by Crippen LogP contribution is -2.20. The molecule has 0 fully saturated rings. The topological polar surface area (TPSA) is 116 Å². The number of hydrogen-bond acceptors (Lipinski definition) is 7. The largest absolute Gasteiger partial charge is 0.497 e. The van der Waals surface area contributed by atoms with Crippen LogP contribution in [0.25, 0.3) is 6.08 Å². The van der Waals surface area contributed by atoms with E-state index < -0.39 is 11.6 Å². The van der Waals surface area contributed by atoms with Gasteiger partial charge in [0.1, 0.15) is 40.9 Å². The van der Waals surface area contributed by atoms with E-state index in [1.54, 1.807) is 56.3 Å². The highest BCUT2D eigenvalue weighted by atomic mass is 16.5. The molecular weight excluding hydrogens is 370 g/mol. The zero-order valence-electron chi connectivity index (χ0n) is 16.1. The first kappa shape index (κ1) is 21.0. The molecule has 0 saturated carbocycles. The van der Waals surface area contributed by atoms with Gasteiger partial charge >= 0.3 is 5.97 Å². The Morgan fingerprint density at radius 3 is 2.45 bits per heavy atom. The molecule has 0 radical (unpaired) electrons. The summed E-state index contributed by atoms with van der Waals surface area (Å²) in [5, 5.41) is 27.8. The summed E-state index contributed by atoms with van der Waals surface area (Å²) >= 11 is 0.